The van der Waals surface area contributed by atoms with Gasteiger partial charge < -0.3 is 5.32 Å². The molecule has 24 heavy (non-hydrogen) atoms. The Hall–Kier alpha value is -0.910. The molecule has 132 valence electrons. The summed E-state index contributed by atoms with van der Waals surface area (Å²) < 4.78 is 0. The predicted molar refractivity (Wildman–Crippen MR) is 98.1 cm³/mol. The number of likely N-dealkylation sites (tertiary alicyclic amines) is 2. The van der Waals surface area contributed by atoms with Crippen molar-refractivity contribution in [3.05, 3.63) is 22.4 Å². The van der Waals surface area contributed by atoms with Crippen molar-refractivity contribution in [3.63, 3.8) is 0 Å². The van der Waals surface area contributed by atoms with Crippen LogP contribution < -0.4 is 5.32 Å². The van der Waals surface area contributed by atoms with Crippen LogP contribution in [0, 0.1) is 5.92 Å². The third-order valence-corrected chi connectivity index (χ3v) is 6.64. The zero-order chi connectivity index (χ0) is 16.4. The SMILES string of the molecule is O=C(NC1CC1)C1CCCN(C2CCN(Cc3cccs3)CC2)C1. The maximum atomic E-state index is 12.4. The van der Waals surface area contributed by atoms with Gasteiger partial charge in [0.05, 0.1) is 5.92 Å². The summed E-state index contributed by atoms with van der Waals surface area (Å²) in [5.41, 5.74) is 0. The van der Waals surface area contributed by atoms with E-state index in [0.29, 0.717) is 18.0 Å². The maximum absolute atomic E-state index is 12.4. The fourth-order valence-corrected chi connectivity index (χ4v) is 4.91. The van der Waals surface area contributed by atoms with Gasteiger partial charge in [0.15, 0.2) is 0 Å². The lowest BCUT2D eigenvalue weighted by Crippen LogP contribution is -2.50. The lowest BCUT2D eigenvalue weighted by Gasteiger charge is -2.42. The zero-order valence-corrected chi connectivity index (χ0v) is 15.3. The van der Waals surface area contributed by atoms with E-state index in [0.717, 1.165) is 19.5 Å². The Morgan fingerprint density at radius 3 is 2.71 bits per heavy atom. The summed E-state index contributed by atoms with van der Waals surface area (Å²) in [5.74, 6) is 0.542. The molecule has 1 saturated carbocycles. The number of hydrogen-bond donors (Lipinski definition) is 1. The van der Waals surface area contributed by atoms with Crippen LogP contribution in [0.2, 0.25) is 0 Å². The van der Waals surface area contributed by atoms with Crippen LogP contribution in [0.4, 0.5) is 0 Å². The summed E-state index contributed by atoms with van der Waals surface area (Å²) in [5, 5.41) is 5.38. The van der Waals surface area contributed by atoms with Gasteiger partial charge in [-0.3, -0.25) is 14.6 Å². The number of amides is 1. The van der Waals surface area contributed by atoms with E-state index in [2.05, 4.69) is 32.6 Å². The minimum Gasteiger partial charge on any atom is -0.353 e. The quantitative estimate of drug-likeness (QED) is 0.889. The summed E-state index contributed by atoms with van der Waals surface area (Å²) in [6.45, 7) is 5.66. The van der Waals surface area contributed by atoms with Gasteiger partial charge in [-0.25, -0.2) is 0 Å². The highest BCUT2D eigenvalue weighted by molar-refractivity contribution is 7.09. The largest absolute Gasteiger partial charge is 0.353 e. The molecule has 0 bridgehead atoms. The number of carbonyl (C=O) groups excluding carboxylic acids is 1. The van der Waals surface area contributed by atoms with Gasteiger partial charge in [-0.05, 0) is 56.5 Å². The monoisotopic (exact) mass is 347 g/mol. The topological polar surface area (TPSA) is 35.6 Å². The molecule has 2 aliphatic heterocycles. The van der Waals surface area contributed by atoms with Crippen molar-refractivity contribution in [2.24, 2.45) is 5.92 Å². The smallest absolute Gasteiger partial charge is 0.224 e. The molecule has 3 aliphatic rings. The molecule has 3 fully saturated rings. The van der Waals surface area contributed by atoms with Crippen molar-refractivity contribution in [1.82, 2.24) is 15.1 Å². The molecule has 1 amide bonds. The molecular formula is C19H29N3OS. The van der Waals surface area contributed by atoms with Crippen molar-refractivity contribution in [1.29, 1.82) is 0 Å². The van der Waals surface area contributed by atoms with Crippen LogP contribution in [0.5, 0.6) is 0 Å². The van der Waals surface area contributed by atoms with Gasteiger partial charge in [0.1, 0.15) is 0 Å². The van der Waals surface area contributed by atoms with Gasteiger partial charge in [0.2, 0.25) is 5.91 Å². The second-order valence-electron chi connectivity index (χ2n) is 7.70. The molecule has 5 heteroatoms. The fourth-order valence-electron chi connectivity index (χ4n) is 4.16. The molecule has 1 aromatic heterocycles. The zero-order valence-electron chi connectivity index (χ0n) is 14.5. The van der Waals surface area contributed by atoms with E-state index in [1.54, 1.807) is 0 Å². The highest BCUT2D eigenvalue weighted by Crippen LogP contribution is 2.26. The van der Waals surface area contributed by atoms with Crippen LogP contribution in [-0.4, -0.2) is 54.0 Å². The number of nitrogens with zero attached hydrogens (tertiary/aromatic N) is 2. The van der Waals surface area contributed by atoms with Crippen molar-refractivity contribution in [2.75, 3.05) is 26.2 Å². The molecule has 1 aromatic rings. The van der Waals surface area contributed by atoms with E-state index in [1.807, 2.05) is 11.3 Å². The molecule has 1 aliphatic carbocycles. The van der Waals surface area contributed by atoms with E-state index in [-0.39, 0.29) is 5.92 Å². The molecule has 4 rings (SSSR count). The summed E-state index contributed by atoms with van der Waals surface area (Å²) in [4.78, 5) is 19.0. The first-order chi connectivity index (χ1) is 11.8. The number of rotatable bonds is 5. The molecule has 0 spiro atoms. The van der Waals surface area contributed by atoms with Gasteiger partial charge in [-0.1, -0.05) is 6.07 Å². The van der Waals surface area contributed by atoms with Gasteiger partial charge >= 0.3 is 0 Å². The van der Waals surface area contributed by atoms with Crippen molar-refractivity contribution >= 4 is 17.2 Å². The number of thiophene rings is 1. The first-order valence-electron chi connectivity index (χ1n) is 9.57. The highest BCUT2D eigenvalue weighted by Gasteiger charge is 2.33. The van der Waals surface area contributed by atoms with Crippen molar-refractivity contribution < 1.29 is 4.79 Å². The van der Waals surface area contributed by atoms with Crippen LogP contribution >= 0.6 is 11.3 Å². The van der Waals surface area contributed by atoms with E-state index in [4.69, 9.17) is 0 Å². The molecule has 1 N–H and O–H groups in total. The lowest BCUT2D eigenvalue weighted by atomic mass is 9.93. The minimum absolute atomic E-state index is 0.225. The molecular weight excluding hydrogens is 318 g/mol. The molecule has 3 heterocycles. The Bertz CT molecular complexity index is 535. The average Bonchev–Trinajstić information content (AvgIpc) is 3.28. The molecule has 1 atom stereocenters. The van der Waals surface area contributed by atoms with Gasteiger partial charge in [0.25, 0.3) is 0 Å². The second-order valence-corrected chi connectivity index (χ2v) is 8.74. The van der Waals surface area contributed by atoms with Gasteiger partial charge in [0, 0.05) is 43.1 Å². The third-order valence-electron chi connectivity index (χ3n) is 5.78. The Labute approximate surface area is 149 Å². The first kappa shape index (κ1) is 16.6. The van der Waals surface area contributed by atoms with Crippen LogP contribution in [-0.2, 0) is 11.3 Å². The molecule has 2 saturated heterocycles. The summed E-state index contributed by atoms with van der Waals surface area (Å²) in [6.07, 6.45) is 7.13. The van der Waals surface area contributed by atoms with Crippen molar-refractivity contribution in [3.8, 4) is 0 Å². The minimum atomic E-state index is 0.225. The van der Waals surface area contributed by atoms with Gasteiger partial charge in [-0.15, -0.1) is 11.3 Å². The lowest BCUT2D eigenvalue weighted by molar-refractivity contribution is -0.127. The Morgan fingerprint density at radius 1 is 1.17 bits per heavy atom. The Kier molecular flexibility index (Phi) is 5.20. The predicted octanol–water partition coefficient (Wildman–Crippen LogP) is 2.70. The van der Waals surface area contributed by atoms with Crippen LogP contribution in [0.25, 0.3) is 0 Å². The normalized spacial score (nSPS) is 27.2. The number of hydrogen-bond acceptors (Lipinski definition) is 4. The highest BCUT2D eigenvalue weighted by atomic mass is 32.1. The second kappa shape index (κ2) is 7.54. The standard InChI is InChI=1S/C19H29N3OS/c23-19(20-16-5-6-16)15-3-1-9-22(13-15)17-7-10-21(11-8-17)14-18-4-2-12-24-18/h2,4,12,15-17H,1,3,5-11,13-14H2,(H,20,23). The Morgan fingerprint density at radius 2 is 2.00 bits per heavy atom. The number of nitrogens with one attached hydrogen (secondary N) is 1. The number of piperidine rings is 2. The maximum Gasteiger partial charge on any atom is 0.224 e. The van der Waals surface area contributed by atoms with E-state index in [9.17, 15) is 4.79 Å². The fraction of sp³-hybridized carbons (Fsp3) is 0.737. The van der Waals surface area contributed by atoms with Gasteiger partial charge in [-0.2, -0.15) is 0 Å². The van der Waals surface area contributed by atoms with E-state index in [1.165, 1.54) is 56.6 Å². The van der Waals surface area contributed by atoms with E-state index >= 15 is 0 Å². The Balaban J connectivity index is 1.24. The number of carbonyl (C=O) groups is 1. The molecule has 1 unspecified atom stereocenters. The van der Waals surface area contributed by atoms with E-state index < -0.39 is 0 Å². The van der Waals surface area contributed by atoms with Crippen LogP contribution in [0.15, 0.2) is 17.5 Å². The third kappa shape index (κ3) is 4.19. The van der Waals surface area contributed by atoms with Crippen LogP contribution in [0.1, 0.15) is 43.4 Å². The molecule has 4 nitrogen and oxygen atoms in total. The van der Waals surface area contributed by atoms with Crippen LogP contribution in [0.3, 0.4) is 0 Å². The first-order valence-corrected chi connectivity index (χ1v) is 10.4. The molecule has 0 aromatic carbocycles. The summed E-state index contributed by atoms with van der Waals surface area (Å²) >= 11 is 1.86. The summed E-state index contributed by atoms with van der Waals surface area (Å²) in [7, 11) is 0. The summed E-state index contributed by atoms with van der Waals surface area (Å²) in [6, 6.07) is 5.56. The van der Waals surface area contributed by atoms with Crippen molar-refractivity contribution in [2.45, 2.75) is 57.2 Å². The molecule has 0 radical (unpaired) electrons. The average molecular weight is 348 g/mol.